The molecule has 0 aromatic rings. The maximum Gasteiger partial charge on any atom is 0.319 e. The first-order valence-corrected chi connectivity index (χ1v) is 4.75. The predicted octanol–water partition coefficient (Wildman–Crippen LogP) is 0.732. The van der Waals surface area contributed by atoms with Crippen LogP contribution in [0.25, 0.3) is 0 Å². The Morgan fingerprint density at radius 2 is 2.21 bits per heavy atom. The van der Waals surface area contributed by atoms with Crippen molar-refractivity contribution in [1.82, 2.24) is 5.32 Å². The molecule has 0 unspecified atom stereocenters. The summed E-state index contributed by atoms with van der Waals surface area (Å²) in [6, 6.07) is 0. The lowest BCUT2D eigenvalue weighted by molar-refractivity contribution is -0.142. The van der Waals surface area contributed by atoms with Crippen molar-refractivity contribution in [2.24, 2.45) is 0 Å². The van der Waals surface area contributed by atoms with E-state index in [1.807, 2.05) is 6.92 Å². The van der Waals surface area contributed by atoms with Crippen molar-refractivity contribution in [2.75, 3.05) is 32.9 Å². The van der Waals surface area contributed by atoms with Crippen molar-refractivity contribution in [3.8, 4) is 0 Å². The van der Waals surface area contributed by atoms with E-state index in [1.54, 1.807) is 6.92 Å². The molecule has 0 bridgehead atoms. The number of ether oxygens (including phenoxy) is 2. The van der Waals surface area contributed by atoms with E-state index >= 15 is 0 Å². The highest BCUT2D eigenvalue weighted by Crippen LogP contribution is 1.86. The van der Waals surface area contributed by atoms with E-state index in [0.29, 0.717) is 26.4 Å². The molecule has 0 aromatic heterocycles. The number of esters is 1. The van der Waals surface area contributed by atoms with Crippen molar-refractivity contribution in [3.05, 3.63) is 12.2 Å². The first kappa shape index (κ1) is 13.1. The Morgan fingerprint density at radius 3 is 2.79 bits per heavy atom. The second-order valence-electron chi connectivity index (χ2n) is 2.99. The Hall–Kier alpha value is -0.870. The molecular weight excluding hydrogens is 182 g/mol. The fourth-order valence-electron chi connectivity index (χ4n) is 0.793. The molecule has 82 valence electrons. The van der Waals surface area contributed by atoms with Crippen LogP contribution in [0.5, 0.6) is 0 Å². The van der Waals surface area contributed by atoms with Crippen LogP contribution < -0.4 is 5.32 Å². The van der Waals surface area contributed by atoms with Crippen molar-refractivity contribution in [2.45, 2.75) is 13.8 Å². The quantitative estimate of drug-likeness (QED) is 0.357. The first-order valence-electron chi connectivity index (χ1n) is 4.75. The van der Waals surface area contributed by atoms with Crippen LogP contribution in [0.2, 0.25) is 0 Å². The number of nitrogens with one attached hydrogen (secondary N) is 1. The number of hydrogen-bond acceptors (Lipinski definition) is 4. The van der Waals surface area contributed by atoms with Gasteiger partial charge in [0.15, 0.2) is 0 Å². The summed E-state index contributed by atoms with van der Waals surface area (Å²) in [5.74, 6) is -0.229. The molecule has 0 rings (SSSR count). The largest absolute Gasteiger partial charge is 0.465 e. The molecule has 0 aliphatic rings. The van der Waals surface area contributed by atoms with Gasteiger partial charge in [0.1, 0.15) is 0 Å². The third-order valence-corrected chi connectivity index (χ3v) is 1.35. The van der Waals surface area contributed by atoms with E-state index < -0.39 is 0 Å². The maximum absolute atomic E-state index is 10.8. The van der Waals surface area contributed by atoms with Crippen LogP contribution in [0.4, 0.5) is 0 Å². The first-order chi connectivity index (χ1) is 6.66. The summed E-state index contributed by atoms with van der Waals surface area (Å²) >= 11 is 0. The lowest BCUT2D eigenvalue weighted by Crippen LogP contribution is -2.27. The summed E-state index contributed by atoms with van der Waals surface area (Å²) in [6.07, 6.45) is 0. The standard InChI is InChI=1S/C10H19NO3/c1-4-14-10(12)7-11-5-6-13-8-9(2)3/h11H,2,4-8H2,1,3H3. The molecule has 0 amide bonds. The van der Waals surface area contributed by atoms with Crippen molar-refractivity contribution in [1.29, 1.82) is 0 Å². The van der Waals surface area contributed by atoms with E-state index in [2.05, 4.69) is 11.9 Å². The van der Waals surface area contributed by atoms with Crippen molar-refractivity contribution in [3.63, 3.8) is 0 Å². The Balaban J connectivity index is 3.13. The van der Waals surface area contributed by atoms with E-state index in [9.17, 15) is 4.79 Å². The van der Waals surface area contributed by atoms with Gasteiger partial charge in [0.2, 0.25) is 0 Å². The van der Waals surface area contributed by atoms with Gasteiger partial charge in [-0.1, -0.05) is 12.2 Å². The highest BCUT2D eigenvalue weighted by molar-refractivity contribution is 5.71. The molecule has 0 spiro atoms. The molecule has 0 heterocycles. The number of carbonyl (C=O) groups excluding carboxylic acids is 1. The van der Waals surface area contributed by atoms with E-state index in [1.165, 1.54) is 0 Å². The summed E-state index contributed by atoms with van der Waals surface area (Å²) in [7, 11) is 0. The minimum absolute atomic E-state index is 0.229. The summed E-state index contributed by atoms with van der Waals surface area (Å²) in [5.41, 5.74) is 0.996. The van der Waals surface area contributed by atoms with Gasteiger partial charge in [-0.3, -0.25) is 4.79 Å². The van der Waals surface area contributed by atoms with Crippen LogP contribution in [0, 0.1) is 0 Å². The molecule has 0 atom stereocenters. The van der Waals surface area contributed by atoms with Crippen LogP contribution in [-0.4, -0.2) is 38.9 Å². The molecule has 0 radical (unpaired) electrons. The fourth-order valence-corrected chi connectivity index (χ4v) is 0.793. The Kier molecular flexibility index (Phi) is 8.17. The van der Waals surface area contributed by atoms with E-state index in [-0.39, 0.29) is 12.5 Å². The molecule has 14 heavy (non-hydrogen) atoms. The molecule has 4 heteroatoms. The molecular formula is C10H19NO3. The van der Waals surface area contributed by atoms with Crippen LogP contribution in [0.15, 0.2) is 12.2 Å². The Morgan fingerprint density at radius 1 is 1.50 bits per heavy atom. The lowest BCUT2D eigenvalue weighted by atomic mass is 10.4. The minimum Gasteiger partial charge on any atom is -0.465 e. The predicted molar refractivity (Wildman–Crippen MR) is 55.1 cm³/mol. The minimum atomic E-state index is -0.229. The van der Waals surface area contributed by atoms with Crippen molar-refractivity contribution >= 4 is 5.97 Å². The van der Waals surface area contributed by atoms with E-state index in [0.717, 1.165) is 5.57 Å². The van der Waals surface area contributed by atoms with Gasteiger partial charge in [0.05, 0.1) is 26.4 Å². The molecule has 0 aliphatic heterocycles. The summed E-state index contributed by atoms with van der Waals surface area (Å²) in [6.45, 7) is 9.86. The van der Waals surface area contributed by atoms with Crippen LogP contribution in [0.3, 0.4) is 0 Å². The van der Waals surface area contributed by atoms with Crippen LogP contribution in [-0.2, 0) is 14.3 Å². The number of hydrogen-bond donors (Lipinski definition) is 1. The molecule has 0 saturated carbocycles. The van der Waals surface area contributed by atoms with Gasteiger partial charge in [-0.15, -0.1) is 0 Å². The van der Waals surface area contributed by atoms with Gasteiger partial charge in [0.25, 0.3) is 0 Å². The molecule has 1 N–H and O–H groups in total. The lowest BCUT2D eigenvalue weighted by Gasteiger charge is -2.05. The smallest absolute Gasteiger partial charge is 0.319 e. The average molecular weight is 201 g/mol. The number of carbonyl (C=O) groups is 1. The molecule has 0 aromatic carbocycles. The zero-order chi connectivity index (χ0) is 10.8. The summed E-state index contributed by atoms with van der Waals surface area (Å²) < 4.78 is 9.95. The average Bonchev–Trinajstić information content (AvgIpc) is 2.11. The topological polar surface area (TPSA) is 47.6 Å². The third kappa shape index (κ3) is 9.22. The van der Waals surface area contributed by atoms with Gasteiger partial charge in [-0.25, -0.2) is 0 Å². The molecule has 4 nitrogen and oxygen atoms in total. The van der Waals surface area contributed by atoms with Crippen molar-refractivity contribution < 1.29 is 14.3 Å². The molecule has 0 aliphatic carbocycles. The number of rotatable bonds is 8. The zero-order valence-corrected chi connectivity index (χ0v) is 8.97. The van der Waals surface area contributed by atoms with E-state index in [4.69, 9.17) is 9.47 Å². The maximum atomic E-state index is 10.8. The van der Waals surface area contributed by atoms with Gasteiger partial charge >= 0.3 is 5.97 Å². The summed E-state index contributed by atoms with van der Waals surface area (Å²) in [5, 5.41) is 2.91. The summed E-state index contributed by atoms with van der Waals surface area (Å²) in [4.78, 5) is 10.8. The van der Waals surface area contributed by atoms with Gasteiger partial charge in [0, 0.05) is 6.54 Å². The normalized spacial score (nSPS) is 9.86. The Bertz CT molecular complexity index is 180. The zero-order valence-electron chi connectivity index (χ0n) is 8.97. The second kappa shape index (κ2) is 8.72. The highest BCUT2D eigenvalue weighted by Gasteiger charge is 1.98. The third-order valence-electron chi connectivity index (χ3n) is 1.35. The highest BCUT2D eigenvalue weighted by atomic mass is 16.5. The van der Waals surface area contributed by atoms with Gasteiger partial charge in [-0.05, 0) is 13.8 Å². The SMILES string of the molecule is C=C(C)COCCNCC(=O)OCC. The fraction of sp³-hybridized carbons (Fsp3) is 0.700. The van der Waals surface area contributed by atoms with Gasteiger partial charge < -0.3 is 14.8 Å². The second-order valence-corrected chi connectivity index (χ2v) is 2.99. The monoisotopic (exact) mass is 201 g/mol. The molecule has 0 saturated heterocycles. The Labute approximate surface area is 85.3 Å². The molecule has 0 fully saturated rings. The van der Waals surface area contributed by atoms with Crippen LogP contribution in [0.1, 0.15) is 13.8 Å². The van der Waals surface area contributed by atoms with Crippen LogP contribution >= 0.6 is 0 Å². The van der Waals surface area contributed by atoms with Gasteiger partial charge in [-0.2, -0.15) is 0 Å².